The van der Waals surface area contributed by atoms with E-state index >= 15 is 0 Å². The SMILES string of the molecule is Clc1ccccc1-c1cc(CN2CCOCC23CCOC3)no1. The van der Waals surface area contributed by atoms with Gasteiger partial charge in [0.2, 0.25) is 0 Å². The molecule has 2 aromatic rings. The van der Waals surface area contributed by atoms with Gasteiger partial charge in [-0.1, -0.05) is 28.9 Å². The van der Waals surface area contributed by atoms with Crippen LogP contribution >= 0.6 is 11.6 Å². The van der Waals surface area contributed by atoms with Crippen LogP contribution in [-0.2, 0) is 16.0 Å². The molecule has 5 nitrogen and oxygen atoms in total. The Bertz CT molecular complexity index is 682. The molecule has 4 rings (SSSR count). The average molecular weight is 335 g/mol. The minimum absolute atomic E-state index is 0.0121. The molecule has 2 aliphatic heterocycles. The molecule has 2 aliphatic rings. The Balaban J connectivity index is 1.54. The normalized spacial score (nSPS) is 25.3. The second kappa shape index (κ2) is 6.24. The standard InChI is InChI=1S/C17H19ClN2O3/c18-15-4-2-1-3-14(15)16-9-13(19-23-16)10-20-6-8-22-12-17(20)5-7-21-11-17/h1-4,9H,5-8,10-12H2. The summed E-state index contributed by atoms with van der Waals surface area (Å²) in [4.78, 5) is 2.41. The average Bonchev–Trinajstić information content (AvgIpc) is 3.21. The molecule has 2 saturated heterocycles. The van der Waals surface area contributed by atoms with Gasteiger partial charge in [-0.2, -0.15) is 0 Å². The van der Waals surface area contributed by atoms with Crippen molar-refractivity contribution >= 4 is 11.6 Å². The summed E-state index contributed by atoms with van der Waals surface area (Å²) in [6.07, 6.45) is 1.00. The molecular formula is C17H19ClN2O3. The van der Waals surface area contributed by atoms with E-state index < -0.39 is 0 Å². The smallest absolute Gasteiger partial charge is 0.168 e. The van der Waals surface area contributed by atoms with Gasteiger partial charge in [0.1, 0.15) is 0 Å². The molecule has 1 spiro atoms. The van der Waals surface area contributed by atoms with E-state index in [9.17, 15) is 0 Å². The topological polar surface area (TPSA) is 47.7 Å². The number of hydrogen-bond acceptors (Lipinski definition) is 5. The summed E-state index contributed by atoms with van der Waals surface area (Å²) in [6, 6.07) is 9.61. The Hall–Kier alpha value is -1.40. The van der Waals surface area contributed by atoms with E-state index in [0.717, 1.165) is 57.2 Å². The van der Waals surface area contributed by atoms with E-state index in [4.69, 9.17) is 25.6 Å². The third-order valence-electron chi connectivity index (χ3n) is 4.68. The van der Waals surface area contributed by atoms with Crippen molar-refractivity contribution < 1.29 is 14.0 Å². The van der Waals surface area contributed by atoms with Gasteiger partial charge < -0.3 is 14.0 Å². The summed E-state index contributed by atoms with van der Waals surface area (Å²) in [6.45, 7) is 4.61. The predicted octanol–water partition coefficient (Wildman–Crippen LogP) is 2.99. The zero-order valence-electron chi connectivity index (χ0n) is 12.8. The van der Waals surface area contributed by atoms with Crippen molar-refractivity contribution in [3.63, 3.8) is 0 Å². The number of morpholine rings is 1. The molecule has 23 heavy (non-hydrogen) atoms. The lowest BCUT2D eigenvalue weighted by Crippen LogP contribution is -2.56. The highest BCUT2D eigenvalue weighted by Crippen LogP contribution is 2.32. The number of nitrogens with zero attached hydrogens (tertiary/aromatic N) is 2. The van der Waals surface area contributed by atoms with Crippen LogP contribution < -0.4 is 0 Å². The summed E-state index contributed by atoms with van der Waals surface area (Å²) in [5, 5.41) is 4.89. The van der Waals surface area contributed by atoms with Crippen LogP contribution in [0.1, 0.15) is 12.1 Å². The molecule has 1 atom stereocenters. The van der Waals surface area contributed by atoms with Gasteiger partial charge in [-0.3, -0.25) is 4.90 Å². The van der Waals surface area contributed by atoms with Gasteiger partial charge in [0.05, 0.1) is 36.1 Å². The summed E-state index contributed by atoms with van der Waals surface area (Å²) < 4.78 is 16.8. The monoisotopic (exact) mass is 334 g/mol. The van der Waals surface area contributed by atoms with E-state index in [-0.39, 0.29) is 5.54 Å². The Labute approximate surface area is 140 Å². The van der Waals surface area contributed by atoms with Gasteiger partial charge in [0.25, 0.3) is 0 Å². The lowest BCUT2D eigenvalue weighted by Gasteiger charge is -2.43. The summed E-state index contributed by atoms with van der Waals surface area (Å²) in [5.41, 5.74) is 1.77. The van der Waals surface area contributed by atoms with Crippen molar-refractivity contribution in [3.8, 4) is 11.3 Å². The summed E-state index contributed by atoms with van der Waals surface area (Å²) in [5.74, 6) is 0.704. The Morgan fingerprint density at radius 1 is 1.17 bits per heavy atom. The van der Waals surface area contributed by atoms with E-state index in [1.54, 1.807) is 0 Å². The Kier molecular flexibility index (Phi) is 4.11. The molecule has 0 aliphatic carbocycles. The molecule has 6 heteroatoms. The number of ether oxygens (including phenoxy) is 2. The second-order valence-corrected chi connectivity index (χ2v) is 6.57. The quantitative estimate of drug-likeness (QED) is 0.863. The minimum Gasteiger partial charge on any atom is -0.379 e. The van der Waals surface area contributed by atoms with Crippen molar-refractivity contribution in [1.82, 2.24) is 10.1 Å². The molecule has 122 valence electrons. The van der Waals surface area contributed by atoms with E-state index in [1.165, 1.54) is 0 Å². The molecule has 0 saturated carbocycles. The predicted molar refractivity (Wildman–Crippen MR) is 86.3 cm³/mol. The molecule has 3 heterocycles. The van der Waals surface area contributed by atoms with Gasteiger partial charge in [-0.15, -0.1) is 0 Å². The third kappa shape index (κ3) is 2.90. The lowest BCUT2D eigenvalue weighted by atomic mass is 9.95. The van der Waals surface area contributed by atoms with E-state index in [0.29, 0.717) is 10.8 Å². The fourth-order valence-corrected chi connectivity index (χ4v) is 3.57. The maximum absolute atomic E-state index is 6.23. The third-order valence-corrected chi connectivity index (χ3v) is 5.01. The van der Waals surface area contributed by atoms with Gasteiger partial charge in [0, 0.05) is 31.3 Å². The van der Waals surface area contributed by atoms with Crippen molar-refractivity contribution in [3.05, 3.63) is 41.0 Å². The summed E-state index contributed by atoms with van der Waals surface area (Å²) in [7, 11) is 0. The van der Waals surface area contributed by atoms with Crippen LogP contribution in [0.3, 0.4) is 0 Å². The van der Waals surface area contributed by atoms with Crippen molar-refractivity contribution in [2.45, 2.75) is 18.5 Å². The molecule has 2 fully saturated rings. The largest absolute Gasteiger partial charge is 0.379 e. The van der Waals surface area contributed by atoms with Crippen LogP contribution in [-0.4, -0.2) is 48.6 Å². The first-order valence-corrected chi connectivity index (χ1v) is 8.26. The van der Waals surface area contributed by atoms with Crippen LogP contribution in [0.2, 0.25) is 5.02 Å². The Morgan fingerprint density at radius 3 is 2.83 bits per heavy atom. The van der Waals surface area contributed by atoms with Crippen LogP contribution in [0.15, 0.2) is 34.9 Å². The Morgan fingerprint density at radius 2 is 2.00 bits per heavy atom. The molecule has 0 radical (unpaired) electrons. The van der Waals surface area contributed by atoms with Crippen LogP contribution in [0.5, 0.6) is 0 Å². The van der Waals surface area contributed by atoms with Crippen LogP contribution in [0.4, 0.5) is 0 Å². The van der Waals surface area contributed by atoms with Gasteiger partial charge in [-0.05, 0) is 18.6 Å². The zero-order valence-corrected chi connectivity index (χ0v) is 13.6. The number of rotatable bonds is 3. The van der Waals surface area contributed by atoms with Gasteiger partial charge in [-0.25, -0.2) is 0 Å². The molecule has 1 aromatic carbocycles. The maximum atomic E-state index is 6.23. The van der Waals surface area contributed by atoms with Crippen LogP contribution in [0.25, 0.3) is 11.3 Å². The first kappa shape index (κ1) is 15.1. The van der Waals surface area contributed by atoms with Gasteiger partial charge >= 0.3 is 0 Å². The first-order valence-electron chi connectivity index (χ1n) is 7.88. The second-order valence-electron chi connectivity index (χ2n) is 6.16. The first-order chi connectivity index (χ1) is 11.3. The molecule has 0 bridgehead atoms. The minimum atomic E-state index is -0.0121. The van der Waals surface area contributed by atoms with Crippen molar-refractivity contribution in [2.75, 3.05) is 33.0 Å². The number of hydrogen-bond donors (Lipinski definition) is 0. The molecular weight excluding hydrogens is 316 g/mol. The molecule has 0 amide bonds. The van der Waals surface area contributed by atoms with Crippen molar-refractivity contribution in [1.29, 1.82) is 0 Å². The zero-order chi connectivity index (χ0) is 15.7. The maximum Gasteiger partial charge on any atom is 0.168 e. The summed E-state index contributed by atoms with van der Waals surface area (Å²) >= 11 is 6.23. The molecule has 1 unspecified atom stereocenters. The molecule has 0 N–H and O–H groups in total. The fraction of sp³-hybridized carbons (Fsp3) is 0.471. The number of benzene rings is 1. The van der Waals surface area contributed by atoms with Crippen molar-refractivity contribution in [2.24, 2.45) is 0 Å². The van der Waals surface area contributed by atoms with E-state index in [2.05, 4.69) is 10.1 Å². The fourth-order valence-electron chi connectivity index (χ4n) is 3.34. The van der Waals surface area contributed by atoms with Gasteiger partial charge in [0.15, 0.2) is 5.76 Å². The highest BCUT2D eigenvalue weighted by Gasteiger charge is 2.43. The highest BCUT2D eigenvalue weighted by atomic mass is 35.5. The van der Waals surface area contributed by atoms with E-state index in [1.807, 2.05) is 30.3 Å². The highest BCUT2D eigenvalue weighted by molar-refractivity contribution is 6.33. The number of halogens is 1. The molecule has 1 aromatic heterocycles. The number of aromatic nitrogens is 1. The van der Waals surface area contributed by atoms with Crippen LogP contribution in [0, 0.1) is 0 Å². The lowest BCUT2D eigenvalue weighted by molar-refractivity contribution is -0.0756.